The molecule has 1 aromatic heterocycles. The third kappa shape index (κ3) is 3.51. The molecule has 1 amide bonds. The highest BCUT2D eigenvalue weighted by Gasteiger charge is 2.34. The van der Waals surface area contributed by atoms with Crippen molar-refractivity contribution in [2.75, 3.05) is 19.9 Å². The number of fused-ring (bicyclic) bond motifs is 1. The van der Waals surface area contributed by atoms with Gasteiger partial charge in [-0.2, -0.15) is 5.10 Å². The van der Waals surface area contributed by atoms with Gasteiger partial charge in [0.2, 0.25) is 6.79 Å². The summed E-state index contributed by atoms with van der Waals surface area (Å²) in [6.07, 6.45) is 4.41. The Hall–Kier alpha value is -3.35. The van der Waals surface area contributed by atoms with Crippen LogP contribution in [0.4, 0.5) is 0 Å². The monoisotopic (exact) mass is 404 g/mol. The van der Waals surface area contributed by atoms with Crippen LogP contribution in [-0.2, 0) is 6.42 Å². The van der Waals surface area contributed by atoms with Crippen LogP contribution in [0.5, 0.6) is 11.5 Å². The van der Waals surface area contributed by atoms with Gasteiger partial charge in [-0.1, -0.05) is 31.2 Å². The molecule has 1 saturated heterocycles. The molecular weight excluding hydrogens is 380 g/mol. The van der Waals surface area contributed by atoms with Gasteiger partial charge in [-0.3, -0.25) is 9.89 Å². The van der Waals surface area contributed by atoms with E-state index in [2.05, 4.69) is 34.2 Å². The molecule has 2 aliphatic rings. The maximum atomic E-state index is 13.4. The highest BCUT2D eigenvalue weighted by Crippen LogP contribution is 2.38. The third-order valence-electron chi connectivity index (χ3n) is 5.96. The third-order valence-corrected chi connectivity index (χ3v) is 5.96. The predicted molar refractivity (Wildman–Crippen MR) is 111 cm³/mol. The van der Waals surface area contributed by atoms with E-state index in [9.17, 15) is 4.79 Å². The number of rotatable bonds is 4. The predicted octanol–water partition coefficient (Wildman–Crippen LogP) is 3.69. The molecule has 0 bridgehead atoms. The lowest BCUT2D eigenvalue weighted by Gasteiger charge is -2.41. The van der Waals surface area contributed by atoms with Crippen LogP contribution in [0.3, 0.4) is 0 Å². The first kappa shape index (κ1) is 18.7. The summed E-state index contributed by atoms with van der Waals surface area (Å²) >= 11 is 0. The normalized spacial score (nSPS) is 20.4. The molecule has 3 heterocycles. The first-order chi connectivity index (χ1) is 14.6. The summed E-state index contributed by atoms with van der Waals surface area (Å²) in [5.41, 5.74) is 2.64. The molecule has 0 unspecified atom stereocenters. The number of aromatic nitrogens is 3. The number of nitrogens with zero attached hydrogens (tertiary/aromatic N) is 3. The Balaban J connectivity index is 1.36. The zero-order valence-corrected chi connectivity index (χ0v) is 16.9. The Morgan fingerprint density at radius 3 is 2.93 bits per heavy atom. The van der Waals surface area contributed by atoms with Crippen LogP contribution in [0.1, 0.15) is 35.7 Å². The molecule has 3 aromatic rings. The first-order valence-electron chi connectivity index (χ1n) is 10.2. The van der Waals surface area contributed by atoms with Crippen molar-refractivity contribution >= 4 is 5.91 Å². The SMILES string of the molecule is C[C@]1(Cc2ccc3c(c2)OCO3)CCCN(C(=O)c2ccccc2-c2ncn[nH]2)C1. The number of amides is 1. The number of piperidine rings is 1. The van der Waals surface area contributed by atoms with Crippen LogP contribution in [0.15, 0.2) is 48.8 Å². The second-order valence-electron chi connectivity index (χ2n) is 8.38. The van der Waals surface area contributed by atoms with Gasteiger partial charge in [0.25, 0.3) is 5.91 Å². The van der Waals surface area contributed by atoms with Crippen LogP contribution in [-0.4, -0.2) is 45.9 Å². The van der Waals surface area contributed by atoms with E-state index in [1.165, 1.54) is 11.9 Å². The molecule has 0 radical (unpaired) electrons. The smallest absolute Gasteiger partial charge is 0.254 e. The lowest BCUT2D eigenvalue weighted by molar-refractivity contribution is 0.0551. The Labute approximate surface area is 175 Å². The average molecular weight is 404 g/mol. The molecule has 7 nitrogen and oxygen atoms in total. The van der Waals surface area contributed by atoms with Crippen molar-refractivity contribution in [1.82, 2.24) is 20.1 Å². The number of benzene rings is 2. The number of ether oxygens (including phenoxy) is 2. The number of H-pyrrole nitrogens is 1. The van der Waals surface area contributed by atoms with Crippen molar-refractivity contribution < 1.29 is 14.3 Å². The Morgan fingerprint density at radius 2 is 2.07 bits per heavy atom. The van der Waals surface area contributed by atoms with Crippen molar-refractivity contribution in [2.45, 2.75) is 26.2 Å². The van der Waals surface area contributed by atoms with E-state index in [1.807, 2.05) is 35.2 Å². The molecule has 30 heavy (non-hydrogen) atoms. The average Bonchev–Trinajstić information content (AvgIpc) is 3.45. The van der Waals surface area contributed by atoms with Gasteiger partial charge in [0.15, 0.2) is 17.3 Å². The van der Waals surface area contributed by atoms with Crippen LogP contribution >= 0.6 is 0 Å². The summed E-state index contributed by atoms with van der Waals surface area (Å²) in [5.74, 6) is 2.26. The second kappa shape index (κ2) is 7.48. The number of aromatic amines is 1. The topological polar surface area (TPSA) is 80.3 Å². The van der Waals surface area contributed by atoms with Crippen LogP contribution in [0.25, 0.3) is 11.4 Å². The maximum Gasteiger partial charge on any atom is 0.254 e. The minimum absolute atomic E-state index is 0.00277. The fourth-order valence-electron chi connectivity index (χ4n) is 4.56. The van der Waals surface area contributed by atoms with E-state index >= 15 is 0 Å². The Kier molecular flexibility index (Phi) is 4.65. The van der Waals surface area contributed by atoms with Gasteiger partial charge in [0.05, 0.1) is 5.56 Å². The van der Waals surface area contributed by atoms with Crippen LogP contribution in [0, 0.1) is 5.41 Å². The van der Waals surface area contributed by atoms with Crippen LogP contribution in [0.2, 0.25) is 0 Å². The van der Waals surface area contributed by atoms with Gasteiger partial charge >= 0.3 is 0 Å². The summed E-state index contributed by atoms with van der Waals surface area (Å²) in [5, 5.41) is 6.79. The summed E-state index contributed by atoms with van der Waals surface area (Å²) in [7, 11) is 0. The number of hydrogen-bond acceptors (Lipinski definition) is 5. The molecule has 154 valence electrons. The molecule has 2 aromatic carbocycles. The molecule has 0 aliphatic carbocycles. The largest absolute Gasteiger partial charge is 0.454 e. The molecule has 0 spiro atoms. The summed E-state index contributed by atoms with van der Waals surface area (Å²) in [6, 6.07) is 13.7. The maximum absolute atomic E-state index is 13.4. The van der Waals surface area contributed by atoms with Gasteiger partial charge in [-0.15, -0.1) is 0 Å². The number of carbonyl (C=O) groups is 1. The fourth-order valence-corrected chi connectivity index (χ4v) is 4.56. The van der Waals surface area contributed by atoms with Gasteiger partial charge in [-0.05, 0) is 48.4 Å². The lowest BCUT2D eigenvalue weighted by Crippen LogP contribution is -2.45. The van der Waals surface area contributed by atoms with Gasteiger partial charge in [-0.25, -0.2) is 4.98 Å². The zero-order chi connectivity index (χ0) is 20.6. The summed E-state index contributed by atoms with van der Waals surface area (Å²) in [6.45, 7) is 4.02. The molecule has 1 atom stereocenters. The van der Waals surface area contributed by atoms with Crippen molar-refractivity contribution in [3.05, 3.63) is 59.9 Å². The van der Waals surface area contributed by atoms with Crippen LogP contribution < -0.4 is 9.47 Å². The molecular formula is C23H24N4O3. The number of hydrogen-bond donors (Lipinski definition) is 1. The minimum Gasteiger partial charge on any atom is -0.454 e. The molecule has 0 saturated carbocycles. The summed E-state index contributed by atoms with van der Waals surface area (Å²) < 4.78 is 10.9. The standard InChI is InChI=1S/C23H24N4O3/c1-23(12-16-7-8-19-20(11-16)30-15-29-19)9-4-10-27(13-23)22(28)18-6-3-2-5-17(18)21-24-14-25-26-21/h2-3,5-8,11,14H,4,9-10,12-13,15H2,1H3,(H,24,25,26)/t23-/m1/s1. The Bertz CT molecular complexity index is 1070. The Morgan fingerprint density at radius 1 is 1.20 bits per heavy atom. The number of nitrogens with one attached hydrogen (secondary N) is 1. The summed E-state index contributed by atoms with van der Waals surface area (Å²) in [4.78, 5) is 19.6. The highest BCUT2D eigenvalue weighted by atomic mass is 16.7. The van der Waals surface area contributed by atoms with E-state index in [-0.39, 0.29) is 18.1 Å². The van der Waals surface area contributed by atoms with E-state index in [0.717, 1.165) is 42.9 Å². The number of likely N-dealkylation sites (tertiary alicyclic amines) is 1. The van der Waals surface area contributed by atoms with Gasteiger partial charge in [0.1, 0.15) is 6.33 Å². The zero-order valence-electron chi connectivity index (χ0n) is 16.9. The molecule has 1 fully saturated rings. The van der Waals surface area contributed by atoms with Crippen molar-refractivity contribution in [3.8, 4) is 22.9 Å². The molecule has 2 aliphatic heterocycles. The second-order valence-corrected chi connectivity index (χ2v) is 8.38. The quantitative estimate of drug-likeness (QED) is 0.717. The number of carbonyl (C=O) groups excluding carboxylic acids is 1. The van der Waals surface area contributed by atoms with Gasteiger partial charge < -0.3 is 14.4 Å². The van der Waals surface area contributed by atoms with E-state index in [1.54, 1.807) is 0 Å². The van der Waals surface area contributed by atoms with Crippen molar-refractivity contribution in [3.63, 3.8) is 0 Å². The van der Waals surface area contributed by atoms with E-state index < -0.39 is 0 Å². The fraction of sp³-hybridized carbons (Fsp3) is 0.348. The van der Waals surface area contributed by atoms with Gasteiger partial charge in [0, 0.05) is 18.7 Å². The van der Waals surface area contributed by atoms with E-state index in [0.29, 0.717) is 17.9 Å². The lowest BCUT2D eigenvalue weighted by atomic mass is 9.76. The highest BCUT2D eigenvalue weighted by molar-refractivity contribution is 6.00. The molecule has 5 rings (SSSR count). The van der Waals surface area contributed by atoms with Crippen molar-refractivity contribution in [2.24, 2.45) is 5.41 Å². The van der Waals surface area contributed by atoms with Crippen molar-refractivity contribution in [1.29, 1.82) is 0 Å². The molecule has 7 heteroatoms. The minimum atomic E-state index is 0.00277. The molecule has 1 N–H and O–H groups in total. The van der Waals surface area contributed by atoms with E-state index in [4.69, 9.17) is 9.47 Å². The first-order valence-corrected chi connectivity index (χ1v) is 10.2.